The molecule has 0 fully saturated rings. The van der Waals surface area contributed by atoms with Gasteiger partial charge in [0.25, 0.3) is 0 Å². The predicted octanol–water partition coefficient (Wildman–Crippen LogP) is 4.73. The molecule has 0 aliphatic carbocycles. The van der Waals surface area contributed by atoms with Crippen molar-refractivity contribution in [3.63, 3.8) is 0 Å². The summed E-state index contributed by atoms with van der Waals surface area (Å²) in [4.78, 5) is 24.2. The maximum absolute atomic E-state index is 14.2. The second-order valence-electron chi connectivity index (χ2n) is 6.10. The summed E-state index contributed by atoms with van der Waals surface area (Å²) in [7, 11) is 0. The maximum atomic E-state index is 14.2. The van der Waals surface area contributed by atoms with Crippen LogP contribution >= 0.6 is 11.3 Å². The van der Waals surface area contributed by atoms with Crippen LogP contribution in [0.25, 0.3) is 11.1 Å². The first-order chi connectivity index (χ1) is 12.5. The molecule has 1 atom stereocenters. The molecule has 1 aliphatic rings. The van der Waals surface area contributed by atoms with E-state index in [0.717, 1.165) is 10.4 Å². The number of rotatable bonds is 3. The molecular weight excluding hydrogens is 353 g/mol. The van der Waals surface area contributed by atoms with Crippen molar-refractivity contribution in [1.82, 2.24) is 0 Å². The highest BCUT2D eigenvalue weighted by molar-refractivity contribution is 7.11. The SMILES string of the molecule is O=C1C[C@H](c2ccc(C(=O)O)cc2)c2scc(-c3ccccc3F)c2N1. The number of hydrogen-bond acceptors (Lipinski definition) is 3. The summed E-state index contributed by atoms with van der Waals surface area (Å²) in [5, 5.41) is 13.8. The minimum atomic E-state index is -0.989. The average Bonchev–Trinajstić information content (AvgIpc) is 3.05. The molecule has 0 saturated heterocycles. The van der Waals surface area contributed by atoms with E-state index in [-0.39, 0.29) is 29.6 Å². The number of aromatic carboxylic acids is 1. The number of halogens is 1. The number of carbonyl (C=O) groups excluding carboxylic acids is 1. The van der Waals surface area contributed by atoms with Gasteiger partial charge in [0.2, 0.25) is 5.91 Å². The minimum absolute atomic E-state index is 0.138. The summed E-state index contributed by atoms with van der Waals surface area (Å²) < 4.78 is 14.2. The molecule has 3 aromatic rings. The number of benzene rings is 2. The third kappa shape index (κ3) is 2.78. The second kappa shape index (κ2) is 6.38. The van der Waals surface area contributed by atoms with Crippen LogP contribution in [0, 0.1) is 5.82 Å². The Balaban J connectivity index is 1.79. The smallest absolute Gasteiger partial charge is 0.335 e. The third-order valence-corrected chi connectivity index (χ3v) is 5.61. The van der Waals surface area contributed by atoms with E-state index in [9.17, 15) is 14.0 Å². The fourth-order valence-corrected chi connectivity index (χ4v) is 4.38. The topological polar surface area (TPSA) is 66.4 Å². The quantitative estimate of drug-likeness (QED) is 0.703. The lowest BCUT2D eigenvalue weighted by molar-refractivity contribution is -0.116. The Morgan fingerprint density at radius 2 is 1.85 bits per heavy atom. The van der Waals surface area contributed by atoms with Gasteiger partial charge in [0.1, 0.15) is 5.82 Å². The Morgan fingerprint density at radius 1 is 1.12 bits per heavy atom. The van der Waals surface area contributed by atoms with E-state index in [2.05, 4.69) is 5.32 Å². The maximum Gasteiger partial charge on any atom is 0.335 e. The van der Waals surface area contributed by atoms with Gasteiger partial charge in [0.15, 0.2) is 0 Å². The first-order valence-electron chi connectivity index (χ1n) is 8.04. The summed E-state index contributed by atoms with van der Waals surface area (Å²) >= 11 is 1.47. The molecule has 26 heavy (non-hydrogen) atoms. The van der Waals surface area contributed by atoms with Gasteiger partial charge in [0, 0.05) is 33.7 Å². The molecule has 0 unspecified atom stereocenters. The lowest BCUT2D eigenvalue weighted by atomic mass is 9.88. The first-order valence-corrected chi connectivity index (χ1v) is 8.92. The number of thiophene rings is 1. The van der Waals surface area contributed by atoms with Crippen molar-refractivity contribution >= 4 is 28.9 Å². The van der Waals surface area contributed by atoms with E-state index in [1.54, 1.807) is 30.3 Å². The molecule has 0 radical (unpaired) electrons. The Morgan fingerprint density at radius 3 is 2.54 bits per heavy atom. The molecule has 2 heterocycles. The number of amides is 1. The predicted molar refractivity (Wildman–Crippen MR) is 98.2 cm³/mol. The number of anilines is 1. The van der Waals surface area contributed by atoms with Gasteiger partial charge in [-0.15, -0.1) is 11.3 Å². The highest BCUT2D eigenvalue weighted by Crippen LogP contribution is 2.46. The molecule has 0 spiro atoms. The van der Waals surface area contributed by atoms with Crippen molar-refractivity contribution in [2.24, 2.45) is 0 Å². The molecule has 130 valence electrons. The Kier molecular flexibility index (Phi) is 4.05. The van der Waals surface area contributed by atoms with E-state index >= 15 is 0 Å². The van der Waals surface area contributed by atoms with E-state index in [1.807, 2.05) is 5.38 Å². The van der Waals surface area contributed by atoms with Crippen LogP contribution in [0.15, 0.2) is 53.9 Å². The van der Waals surface area contributed by atoms with Crippen molar-refractivity contribution in [3.05, 3.63) is 75.7 Å². The number of hydrogen-bond donors (Lipinski definition) is 2. The molecule has 4 nitrogen and oxygen atoms in total. The van der Waals surface area contributed by atoms with Crippen molar-refractivity contribution in [2.75, 3.05) is 5.32 Å². The van der Waals surface area contributed by atoms with Crippen LogP contribution in [0.4, 0.5) is 10.1 Å². The van der Waals surface area contributed by atoms with Crippen LogP contribution in [-0.4, -0.2) is 17.0 Å². The van der Waals surface area contributed by atoms with Crippen LogP contribution < -0.4 is 5.32 Å². The highest BCUT2D eigenvalue weighted by atomic mass is 32.1. The largest absolute Gasteiger partial charge is 0.478 e. The van der Waals surface area contributed by atoms with Crippen LogP contribution in [0.2, 0.25) is 0 Å². The van der Waals surface area contributed by atoms with Crippen LogP contribution in [-0.2, 0) is 4.79 Å². The highest BCUT2D eigenvalue weighted by Gasteiger charge is 2.31. The normalized spacial score (nSPS) is 16.0. The van der Waals surface area contributed by atoms with Crippen molar-refractivity contribution in [3.8, 4) is 11.1 Å². The summed E-state index contributed by atoms with van der Waals surface area (Å²) in [5.41, 5.74) is 2.83. The van der Waals surface area contributed by atoms with Crippen LogP contribution in [0.1, 0.15) is 33.1 Å². The molecule has 2 aromatic carbocycles. The van der Waals surface area contributed by atoms with Gasteiger partial charge in [-0.2, -0.15) is 0 Å². The molecule has 4 rings (SSSR count). The lowest BCUT2D eigenvalue weighted by Crippen LogP contribution is -2.22. The number of nitrogens with one attached hydrogen (secondary N) is 1. The van der Waals surface area contributed by atoms with Gasteiger partial charge >= 0.3 is 5.97 Å². The fraction of sp³-hybridized carbons (Fsp3) is 0.100. The molecule has 1 aromatic heterocycles. The Labute approximate surface area is 152 Å². The number of carboxylic acid groups (broad SMARTS) is 1. The second-order valence-corrected chi connectivity index (χ2v) is 7.01. The molecule has 0 bridgehead atoms. The van der Waals surface area contributed by atoms with Gasteiger partial charge in [-0.25, -0.2) is 9.18 Å². The fourth-order valence-electron chi connectivity index (χ4n) is 3.23. The van der Waals surface area contributed by atoms with Crippen LogP contribution in [0.3, 0.4) is 0 Å². The van der Waals surface area contributed by atoms with Gasteiger partial charge < -0.3 is 10.4 Å². The van der Waals surface area contributed by atoms with Crippen molar-refractivity contribution < 1.29 is 19.1 Å². The Hall–Kier alpha value is -2.99. The summed E-state index contributed by atoms with van der Waals surface area (Å²) in [6, 6.07) is 13.0. The third-order valence-electron chi connectivity index (χ3n) is 4.51. The van der Waals surface area contributed by atoms with E-state index in [1.165, 1.54) is 29.5 Å². The van der Waals surface area contributed by atoms with Crippen LogP contribution in [0.5, 0.6) is 0 Å². The molecule has 2 N–H and O–H groups in total. The zero-order valence-corrected chi connectivity index (χ0v) is 14.3. The summed E-state index contributed by atoms with van der Waals surface area (Å²) in [5.74, 6) is -1.64. The van der Waals surface area contributed by atoms with E-state index in [0.29, 0.717) is 16.8 Å². The summed E-state index contributed by atoms with van der Waals surface area (Å²) in [6.07, 6.45) is 0.274. The first kappa shape index (κ1) is 16.5. The van der Waals surface area contributed by atoms with E-state index in [4.69, 9.17) is 5.11 Å². The Bertz CT molecular complexity index is 1010. The number of fused-ring (bicyclic) bond motifs is 1. The molecule has 6 heteroatoms. The monoisotopic (exact) mass is 367 g/mol. The standard InChI is InChI=1S/C20H14FNO3S/c21-16-4-2-1-3-13(16)15-10-26-19-14(9-17(23)22-18(15)19)11-5-7-12(8-6-11)20(24)25/h1-8,10,14H,9H2,(H,22,23)(H,24,25)/t14-/m1/s1. The lowest BCUT2D eigenvalue weighted by Gasteiger charge is -2.24. The molecule has 0 saturated carbocycles. The molecule has 1 amide bonds. The zero-order chi connectivity index (χ0) is 18.3. The number of carbonyl (C=O) groups is 2. The van der Waals surface area contributed by atoms with Gasteiger partial charge in [-0.1, -0.05) is 30.3 Å². The van der Waals surface area contributed by atoms with Gasteiger partial charge in [0.05, 0.1) is 11.3 Å². The molecule has 1 aliphatic heterocycles. The molecular formula is C20H14FNO3S. The average molecular weight is 367 g/mol. The van der Waals surface area contributed by atoms with Crippen molar-refractivity contribution in [1.29, 1.82) is 0 Å². The van der Waals surface area contributed by atoms with E-state index < -0.39 is 5.97 Å². The van der Waals surface area contributed by atoms with Gasteiger partial charge in [-0.05, 0) is 23.8 Å². The number of carboxylic acids is 1. The minimum Gasteiger partial charge on any atom is -0.478 e. The zero-order valence-electron chi connectivity index (χ0n) is 13.5. The van der Waals surface area contributed by atoms with Gasteiger partial charge in [-0.3, -0.25) is 4.79 Å². The summed E-state index contributed by atoms with van der Waals surface area (Å²) in [6.45, 7) is 0. The van der Waals surface area contributed by atoms with Crippen molar-refractivity contribution in [2.45, 2.75) is 12.3 Å².